The molecule has 18 heavy (non-hydrogen) atoms. The van der Waals surface area contributed by atoms with Gasteiger partial charge in [-0.15, -0.1) is 0 Å². The number of aliphatic hydroxyl groups excluding tert-OH is 1. The molecule has 0 rings (SSSR count). The summed E-state index contributed by atoms with van der Waals surface area (Å²) in [7, 11) is 0. The monoisotopic (exact) mass is 253 g/mol. The van der Waals surface area contributed by atoms with Gasteiger partial charge in [-0.25, -0.2) is 0 Å². The van der Waals surface area contributed by atoms with Crippen molar-refractivity contribution in [1.29, 1.82) is 0 Å². The summed E-state index contributed by atoms with van der Waals surface area (Å²) in [6.07, 6.45) is 20.1. The minimum absolute atomic E-state index is 0.347. The van der Waals surface area contributed by atoms with E-state index in [2.05, 4.69) is 0 Å². The Balaban J connectivity index is 2.94. The van der Waals surface area contributed by atoms with Gasteiger partial charge >= 0.3 is 0 Å². The third-order valence-corrected chi connectivity index (χ3v) is 3.21. The molecule has 0 aromatic heterocycles. The van der Waals surface area contributed by atoms with Crippen LogP contribution < -0.4 is 0 Å². The Labute approximate surface area is 112 Å². The summed E-state index contributed by atoms with van der Waals surface area (Å²) in [6.45, 7) is 0.347. The summed E-state index contributed by atoms with van der Waals surface area (Å²) in [5.74, 6) is 0. The predicted molar refractivity (Wildman–Crippen MR) is 77.3 cm³/mol. The topological polar surface area (TPSA) is 37.3 Å². The van der Waals surface area contributed by atoms with Crippen LogP contribution in [0.25, 0.3) is 0 Å². The molecule has 0 fully saturated rings. The summed E-state index contributed by atoms with van der Waals surface area (Å²) >= 11 is 0. The van der Waals surface area contributed by atoms with Crippen molar-refractivity contribution < 1.29 is 9.90 Å². The summed E-state index contributed by atoms with van der Waals surface area (Å²) in [6, 6.07) is 0. The number of hydrogen-bond acceptors (Lipinski definition) is 2. The lowest BCUT2D eigenvalue weighted by molar-refractivity contribution is 0.282. The van der Waals surface area contributed by atoms with Crippen LogP contribution >= 0.6 is 0 Å². The van der Waals surface area contributed by atoms with Crippen LogP contribution in [-0.4, -0.2) is 18.0 Å². The van der Waals surface area contributed by atoms with Crippen molar-refractivity contribution >= 4 is 6.29 Å². The molecule has 2 heteroatoms. The molecule has 0 amide bonds. The lowest BCUT2D eigenvalue weighted by atomic mass is 10.1. The summed E-state index contributed by atoms with van der Waals surface area (Å²) < 4.78 is 0. The van der Waals surface area contributed by atoms with Gasteiger partial charge in [0.25, 0.3) is 0 Å². The van der Waals surface area contributed by atoms with Gasteiger partial charge in [0.1, 0.15) is 0 Å². The maximum atomic E-state index is 9.90. The first kappa shape index (κ1) is 17.4. The SMILES string of the molecule is O=[C]C=CCCCCCCCCCCCCCO. The number of aliphatic hydroxyl groups is 1. The molecule has 0 aromatic carbocycles. The van der Waals surface area contributed by atoms with Crippen molar-refractivity contribution in [3.8, 4) is 0 Å². The molecule has 0 aromatic rings. The molecular weight excluding hydrogens is 224 g/mol. The maximum Gasteiger partial charge on any atom is 0.225 e. The highest BCUT2D eigenvalue weighted by Crippen LogP contribution is 2.11. The molecule has 1 N–H and O–H groups in total. The van der Waals surface area contributed by atoms with E-state index in [-0.39, 0.29) is 0 Å². The second kappa shape index (κ2) is 16.4. The van der Waals surface area contributed by atoms with E-state index in [1.807, 2.05) is 6.08 Å². The number of unbranched alkanes of at least 4 members (excludes halogenated alkanes) is 11. The molecule has 0 heterocycles. The van der Waals surface area contributed by atoms with Gasteiger partial charge in [-0.2, -0.15) is 0 Å². The summed E-state index contributed by atoms with van der Waals surface area (Å²) in [5.41, 5.74) is 0. The minimum Gasteiger partial charge on any atom is -0.396 e. The molecule has 105 valence electrons. The second-order valence-electron chi connectivity index (χ2n) is 4.92. The van der Waals surface area contributed by atoms with Gasteiger partial charge in [-0.3, -0.25) is 4.79 Å². The van der Waals surface area contributed by atoms with Crippen LogP contribution in [0, 0.1) is 0 Å². The van der Waals surface area contributed by atoms with Crippen molar-refractivity contribution in [2.45, 2.75) is 77.0 Å². The van der Waals surface area contributed by atoms with E-state index < -0.39 is 0 Å². The molecule has 0 unspecified atom stereocenters. The highest BCUT2D eigenvalue weighted by molar-refractivity contribution is 5.65. The van der Waals surface area contributed by atoms with E-state index in [9.17, 15) is 4.79 Å². The lowest BCUT2D eigenvalue weighted by Crippen LogP contribution is -1.84. The first-order valence-corrected chi connectivity index (χ1v) is 7.55. The molecule has 0 aliphatic rings. The molecule has 0 saturated heterocycles. The van der Waals surface area contributed by atoms with E-state index in [0.29, 0.717) is 6.61 Å². The number of rotatable bonds is 14. The van der Waals surface area contributed by atoms with Gasteiger partial charge in [-0.05, 0) is 25.3 Å². The zero-order chi connectivity index (χ0) is 13.3. The van der Waals surface area contributed by atoms with E-state index in [1.54, 1.807) is 6.29 Å². The summed E-state index contributed by atoms with van der Waals surface area (Å²) in [5, 5.41) is 8.63. The van der Waals surface area contributed by atoms with E-state index in [0.717, 1.165) is 12.8 Å². The van der Waals surface area contributed by atoms with Crippen molar-refractivity contribution in [2.24, 2.45) is 0 Å². The Bertz CT molecular complexity index is 188. The molecule has 0 saturated carbocycles. The van der Waals surface area contributed by atoms with Gasteiger partial charge in [0.05, 0.1) is 0 Å². The maximum absolute atomic E-state index is 9.90. The van der Waals surface area contributed by atoms with Crippen molar-refractivity contribution in [1.82, 2.24) is 0 Å². The second-order valence-corrected chi connectivity index (χ2v) is 4.92. The van der Waals surface area contributed by atoms with Gasteiger partial charge < -0.3 is 5.11 Å². The van der Waals surface area contributed by atoms with E-state index >= 15 is 0 Å². The third-order valence-electron chi connectivity index (χ3n) is 3.21. The standard InChI is InChI=1S/C16H29O2/c17-15-13-11-9-7-5-3-1-2-4-6-8-10-12-14-16-18/h11,13,18H,1-10,12,14,16H2. The fraction of sp³-hybridized carbons (Fsp3) is 0.812. The number of hydrogen-bond donors (Lipinski definition) is 1. The molecular formula is C16H29O2. The van der Waals surface area contributed by atoms with Gasteiger partial charge in [0, 0.05) is 6.61 Å². The molecule has 0 spiro atoms. The Morgan fingerprint density at radius 1 is 0.722 bits per heavy atom. The largest absolute Gasteiger partial charge is 0.396 e. The van der Waals surface area contributed by atoms with Gasteiger partial charge in [0.2, 0.25) is 6.29 Å². The molecule has 0 aliphatic heterocycles. The van der Waals surface area contributed by atoms with E-state index in [1.165, 1.54) is 70.3 Å². The molecule has 0 aliphatic carbocycles. The minimum atomic E-state index is 0.347. The first-order chi connectivity index (χ1) is 8.91. The van der Waals surface area contributed by atoms with Crippen LogP contribution in [-0.2, 0) is 4.79 Å². The fourth-order valence-corrected chi connectivity index (χ4v) is 2.10. The molecule has 0 atom stereocenters. The number of carbonyl (C=O) groups excluding carboxylic acids is 1. The Hall–Kier alpha value is -0.630. The van der Waals surface area contributed by atoms with Gasteiger partial charge in [-0.1, -0.05) is 63.9 Å². The fourth-order valence-electron chi connectivity index (χ4n) is 2.10. The molecule has 1 radical (unpaired) electrons. The van der Waals surface area contributed by atoms with Crippen LogP contribution in [0.15, 0.2) is 12.2 Å². The van der Waals surface area contributed by atoms with Crippen LogP contribution in [0.5, 0.6) is 0 Å². The highest BCUT2D eigenvalue weighted by Gasteiger charge is 1.92. The van der Waals surface area contributed by atoms with Crippen LogP contribution in [0.1, 0.15) is 77.0 Å². The first-order valence-electron chi connectivity index (χ1n) is 7.55. The Morgan fingerprint density at radius 2 is 1.17 bits per heavy atom. The average molecular weight is 253 g/mol. The quantitative estimate of drug-likeness (QED) is 0.369. The molecule has 0 bridgehead atoms. The zero-order valence-corrected chi connectivity index (χ0v) is 11.7. The van der Waals surface area contributed by atoms with Gasteiger partial charge in [0.15, 0.2) is 0 Å². The smallest absolute Gasteiger partial charge is 0.225 e. The predicted octanol–water partition coefficient (Wildman–Crippen LogP) is 4.33. The van der Waals surface area contributed by atoms with E-state index in [4.69, 9.17) is 5.11 Å². The number of allylic oxidation sites excluding steroid dienone is 2. The van der Waals surface area contributed by atoms with Crippen molar-refractivity contribution in [2.75, 3.05) is 6.61 Å². The Kier molecular flexibility index (Phi) is 15.8. The summed E-state index contributed by atoms with van der Waals surface area (Å²) in [4.78, 5) is 9.90. The molecule has 2 nitrogen and oxygen atoms in total. The van der Waals surface area contributed by atoms with Crippen LogP contribution in [0.2, 0.25) is 0 Å². The lowest BCUT2D eigenvalue weighted by Gasteiger charge is -2.02. The normalized spacial score (nSPS) is 11.2. The average Bonchev–Trinajstić information content (AvgIpc) is 2.39. The Morgan fingerprint density at radius 3 is 1.61 bits per heavy atom. The van der Waals surface area contributed by atoms with Crippen LogP contribution in [0.4, 0.5) is 0 Å². The third kappa shape index (κ3) is 15.4. The zero-order valence-electron chi connectivity index (χ0n) is 11.7. The highest BCUT2D eigenvalue weighted by atomic mass is 16.2. The van der Waals surface area contributed by atoms with Crippen LogP contribution in [0.3, 0.4) is 0 Å². The van der Waals surface area contributed by atoms with Crippen molar-refractivity contribution in [3.63, 3.8) is 0 Å². The van der Waals surface area contributed by atoms with Crippen molar-refractivity contribution in [3.05, 3.63) is 12.2 Å².